The van der Waals surface area contributed by atoms with E-state index in [9.17, 15) is 4.79 Å². The Morgan fingerprint density at radius 3 is 2.79 bits per heavy atom. The summed E-state index contributed by atoms with van der Waals surface area (Å²) in [5.74, 6) is 0.103. The Labute approximate surface area is 121 Å². The van der Waals surface area contributed by atoms with Crippen molar-refractivity contribution in [3.8, 4) is 6.07 Å². The number of piperidine rings is 1. The smallest absolute Gasteiger partial charge is 0.241 e. The molecule has 1 heterocycles. The zero-order chi connectivity index (χ0) is 13.7. The van der Waals surface area contributed by atoms with Gasteiger partial charge in [-0.3, -0.25) is 4.79 Å². The van der Waals surface area contributed by atoms with Crippen LogP contribution < -0.4 is 5.32 Å². The minimum absolute atomic E-state index is 0.103. The number of anilines is 1. The summed E-state index contributed by atoms with van der Waals surface area (Å²) in [5.41, 5.74) is 1.25. The number of benzene rings is 1. The Kier molecular flexibility index (Phi) is 4.80. The van der Waals surface area contributed by atoms with Crippen molar-refractivity contribution in [1.29, 1.82) is 5.26 Å². The molecule has 0 aliphatic carbocycles. The van der Waals surface area contributed by atoms with E-state index in [1.807, 2.05) is 17.0 Å². The molecular weight excluding hydrogens is 306 g/mol. The number of likely N-dealkylation sites (tertiary alicyclic amines) is 1. The number of halogens is 1. The van der Waals surface area contributed by atoms with Gasteiger partial charge in [0.2, 0.25) is 5.91 Å². The predicted molar refractivity (Wildman–Crippen MR) is 77.8 cm³/mol. The number of carbonyl (C=O) groups excluding carboxylic acids is 1. The van der Waals surface area contributed by atoms with Crippen LogP contribution in [-0.4, -0.2) is 30.4 Å². The summed E-state index contributed by atoms with van der Waals surface area (Å²) in [6.07, 6.45) is 3.39. The van der Waals surface area contributed by atoms with Gasteiger partial charge < -0.3 is 10.2 Å². The highest BCUT2D eigenvalue weighted by Crippen LogP contribution is 2.20. The summed E-state index contributed by atoms with van der Waals surface area (Å²) in [6, 6.07) is 7.53. The number of nitriles is 1. The second-order valence-electron chi connectivity index (χ2n) is 4.60. The number of amides is 1. The van der Waals surface area contributed by atoms with E-state index in [0.29, 0.717) is 11.3 Å². The van der Waals surface area contributed by atoms with Crippen molar-refractivity contribution in [2.45, 2.75) is 19.3 Å². The summed E-state index contributed by atoms with van der Waals surface area (Å²) >= 11 is 3.33. The van der Waals surface area contributed by atoms with Crippen LogP contribution in [0, 0.1) is 11.3 Å². The first-order valence-electron chi connectivity index (χ1n) is 6.42. The van der Waals surface area contributed by atoms with Crippen LogP contribution in [0.1, 0.15) is 24.8 Å². The van der Waals surface area contributed by atoms with E-state index in [4.69, 9.17) is 5.26 Å². The van der Waals surface area contributed by atoms with Crippen LogP contribution in [0.2, 0.25) is 0 Å². The maximum absolute atomic E-state index is 12.0. The van der Waals surface area contributed by atoms with Crippen LogP contribution in [0.15, 0.2) is 22.7 Å². The molecule has 4 nitrogen and oxygen atoms in total. The summed E-state index contributed by atoms with van der Waals surface area (Å²) in [6.45, 7) is 1.95. The molecule has 1 aromatic carbocycles. The van der Waals surface area contributed by atoms with Gasteiger partial charge in [0.05, 0.1) is 17.8 Å². The molecule has 0 saturated carbocycles. The van der Waals surface area contributed by atoms with Gasteiger partial charge in [-0.25, -0.2) is 0 Å². The second-order valence-corrected chi connectivity index (χ2v) is 5.51. The molecule has 1 amide bonds. The van der Waals surface area contributed by atoms with Crippen molar-refractivity contribution < 1.29 is 4.79 Å². The summed E-state index contributed by atoms with van der Waals surface area (Å²) in [7, 11) is 0. The number of nitrogens with zero attached hydrogens (tertiary/aromatic N) is 2. The lowest BCUT2D eigenvalue weighted by Gasteiger charge is -2.27. The normalized spacial score (nSPS) is 14.8. The average molecular weight is 322 g/mol. The first kappa shape index (κ1) is 13.9. The van der Waals surface area contributed by atoms with Gasteiger partial charge in [-0.2, -0.15) is 5.26 Å². The molecule has 1 fully saturated rings. The molecule has 0 aromatic heterocycles. The molecule has 1 aliphatic heterocycles. The molecule has 19 heavy (non-hydrogen) atoms. The highest BCUT2D eigenvalue weighted by molar-refractivity contribution is 9.10. The Hall–Kier alpha value is -1.54. The Balaban J connectivity index is 1.95. The Morgan fingerprint density at radius 1 is 1.37 bits per heavy atom. The van der Waals surface area contributed by atoms with Crippen LogP contribution in [-0.2, 0) is 4.79 Å². The maximum Gasteiger partial charge on any atom is 0.241 e. The van der Waals surface area contributed by atoms with Crippen molar-refractivity contribution in [2.24, 2.45) is 0 Å². The van der Waals surface area contributed by atoms with E-state index in [-0.39, 0.29) is 12.5 Å². The van der Waals surface area contributed by atoms with Gasteiger partial charge in [-0.05, 0) is 37.5 Å². The van der Waals surface area contributed by atoms with Crippen LogP contribution in [0.5, 0.6) is 0 Å². The van der Waals surface area contributed by atoms with Crippen molar-refractivity contribution in [3.05, 3.63) is 28.2 Å². The lowest BCUT2D eigenvalue weighted by molar-refractivity contribution is -0.130. The maximum atomic E-state index is 12.0. The number of hydrogen-bond acceptors (Lipinski definition) is 3. The third kappa shape index (κ3) is 3.71. The third-order valence-corrected chi connectivity index (χ3v) is 3.73. The third-order valence-electron chi connectivity index (χ3n) is 3.24. The monoisotopic (exact) mass is 321 g/mol. The van der Waals surface area contributed by atoms with Crippen LogP contribution >= 0.6 is 15.9 Å². The molecule has 2 rings (SSSR count). The minimum atomic E-state index is 0.103. The van der Waals surface area contributed by atoms with Crippen LogP contribution in [0.25, 0.3) is 0 Å². The molecule has 0 bridgehead atoms. The van der Waals surface area contributed by atoms with Crippen molar-refractivity contribution in [1.82, 2.24) is 4.90 Å². The van der Waals surface area contributed by atoms with E-state index in [1.54, 1.807) is 6.07 Å². The predicted octanol–water partition coefficient (Wildman–Crippen LogP) is 2.75. The van der Waals surface area contributed by atoms with E-state index in [0.717, 1.165) is 30.4 Å². The van der Waals surface area contributed by atoms with E-state index in [2.05, 4.69) is 27.3 Å². The fourth-order valence-corrected chi connectivity index (χ4v) is 2.55. The largest absolute Gasteiger partial charge is 0.375 e. The van der Waals surface area contributed by atoms with E-state index < -0.39 is 0 Å². The zero-order valence-electron chi connectivity index (χ0n) is 10.7. The van der Waals surface area contributed by atoms with Crippen molar-refractivity contribution in [3.63, 3.8) is 0 Å². The number of nitrogens with one attached hydrogen (secondary N) is 1. The van der Waals surface area contributed by atoms with Crippen molar-refractivity contribution >= 4 is 27.5 Å². The molecule has 0 unspecified atom stereocenters. The first-order chi connectivity index (χ1) is 9.20. The topological polar surface area (TPSA) is 56.1 Å². The molecule has 1 N–H and O–H groups in total. The average Bonchev–Trinajstić information content (AvgIpc) is 2.46. The summed E-state index contributed by atoms with van der Waals surface area (Å²) in [4.78, 5) is 13.9. The lowest BCUT2D eigenvalue weighted by atomic mass is 10.1. The van der Waals surface area contributed by atoms with E-state index >= 15 is 0 Å². The molecule has 0 spiro atoms. The van der Waals surface area contributed by atoms with Gasteiger partial charge >= 0.3 is 0 Å². The molecular formula is C14H16BrN3O. The number of hydrogen-bond donors (Lipinski definition) is 1. The second kappa shape index (κ2) is 6.58. The lowest BCUT2D eigenvalue weighted by Crippen LogP contribution is -2.39. The van der Waals surface area contributed by atoms with Gasteiger partial charge in [0, 0.05) is 17.6 Å². The zero-order valence-corrected chi connectivity index (χ0v) is 12.2. The quantitative estimate of drug-likeness (QED) is 0.931. The van der Waals surface area contributed by atoms with Gasteiger partial charge in [-0.1, -0.05) is 15.9 Å². The van der Waals surface area contributed by atoms with E-state index in [1.165, 1.54) is 6.42 Å². The van der Waals surface area contributed by atoms with Gasteiger partial charge in [0.15, 0.2) is 0 Å². The minimum Gasteiger partial charge on any atom is -0.375 e. The molecule has 0 atom stereocenters. The van der Waals surface area contributed by atoms with Gasteiger partial charge in [-0.15, -0.1) is 0 Å². The molecule has 1 aromatic rings. The number of carbonyl (C=O) groups is 1. The van der Waals surface area contributed by atoms with Gasteiger partial charge in [0.1, 0.15) is 6.07 Å². The first-order valence-corrected chi connectivity index (χ1v) is 7.21. The van der Waals surface area contributed by atoms with Gasteiger partial charge in [0.25, 0.3) is 0 Å². The van der Waals surface area contributed by atoms with Crippen LogP contribution in [0.4, 0.5) is 5.69 Å². The highest BCUT2D eigenvalue weighted by Gasteiger charge is 2.16. The molecule has 1 aliphatic rings. The fraction of sp³-hybridized carbons (Fsp3) is 0.429. The van der Waals surface area contributed by atoms with Crippen molar-refractivity contribution in [2.75, 3.05) is 25.0 Å². The fourth-order valence-electron chi connectivity index (χ4n) is 2.19. The Bertz CT molecular complexity index is 504. The molecule has 100 valence electrons. The standard InChI is InChI=1S/C14H16BrN3O/c15-12-4-5-13(11(8-12)9-16)17-10-14(19)18-6-2-1-3-7-18/h4-5,8,17H,1-3,6-7,10H2. The summed E-state index contributed by atoms with van der Waals surface area (Å²) in [5, 5.41) is 12.1. The molecule has 1 saturated heterocycles. The SMILES string of the molecule is N#Cc1cc(Br)ccc1NCC(=O)N1CCCCC1. The molecule has 0 radical (unpaired) electrons. The molecule has 5 heteroatoms. The Morgan fingerprint density at radius 2 is 2.11 bits per heavy atom. The van der Waals surface area contributed by atoms with Crippen LogP contribution in [0.3, 0.4) is 0 Å². The summed E-state index contributed by atoms with van der Waals surface area (Å²) < 4.78 is 0.858. The highest BCUT2D eigenvalue weighted by atomic mass is 79.9. The number of rotatable bonds is 3.